The average molecular weight is 535 g/mol. The van der Waals surface area contributed by atoms with Gasteiger partial charge >= 0.3 is 0 Å². The Kier molecular flexibility index (Phi) is 5.22. The molecule has 0 fully saturated rings. The van der Waals surface area contributed by atoms with Crippen LogP contribution in [0.5, 0.6) is 0 Å². The zero-order valence-electron chi connectivity index (χ0n) is 22.5. The van der Waals surface area contributed by atoms with Gasteiger partial charge in [-0.1, -0.05) is 103 Å². The van der Waals surface area contributed by atoms with Crippen LogP contribution < -0.4 is 0 Å². The van der Waals surface area contributed by atoms with Gasteiger partial charge in [-0.25, -0.2) is 4.85 Å². The highest BCUT2D eigenvalue weighted by molar-refractivity contribution is 6.12. The fourth-order valence-electron chi connectivity index (χ4n) is 6.47. The van der Waals surface area contributed by atoms with E-state index in [1.165, 1.54) is 10.8 Å². The summed E-state index contributed by atoms with van der Waals surface area (Å²) in [5, 5.41) is 14.7. The molecule has 2 heterocycles. The molecular formula is C38H22N4. The van der Waals surface area contributed by atoms with E-state index in [0.29, 0.717) is 11.3 Å². The molecule has 194 valence electrons. The zero-order valence-corrected chi connectivity index (χ0v) is 22.5. The van der Waals surface area contributed by atoms with Crippen molar-refractivity contribution < 1.29 is 0 Å². The summed E-state index contributed by atoms with van der Waals surface area (Å²) in [5.41, 5.74) is 8.53. The van der Waals surface area contributed by atoms with Crippen molar-refractivity contribution in [1.29, 1.82) is 5.26 Å². The van der Waals surface area contributed by atoms with Gasteiger partial charge in [-0.05, 0) is 35.9 Å². The summed E-state index contributed by atoms with van der Waals surface area (Å²) < 4.78 is 4.47. The third kappa shape index (κ3) is 3.27. The molecule has 0 spiro atoms. The molecule has 0 aliphatic rings. The van der Waals surface area contributed by atoms with Crippen LogP contribution in [0.1, 0.15) is 5.56 Å². The van der Waals surface area contributed by atoms with E-state index in [-0.39, 0.29) is 0 Å². The van der Waals surface area contributed by atoms with Crippen molar-refractivity contribution in [3.8, 4) is 28.6 Å². The molecule has 4 heteroatoms. The summed E-state index contributed by atoms with van der Waals surface area (Å²) in [6.07, 6.45) is 0. The third-order valence-electron chi connectivity index (χ3n) is 8.20. The van der Waals surface area contributed by atoms with Crippen LogP contribution in [0.4, 0.5) is 5.69 Å². The molecule has 0 N–H and O–H groups in total. The van der Waals surface area contributed by atoms with E-state index < -0.39 is 0 Å². The van der Waals surface area contributed by atoms with Gasteiger partial charge in [0.1, 0.15) is 0 Å². The van der Waals surface area contributed by atoms with Gasteiger partial charge in [-0.3, -0.25) is 0 Å². The molecule has 0 aliphatic carbocycles. The Bertz CT molecular complexity index is 2340. The fourth-order valence-corrected chi connectivity index (χ4v) is 6.47. The number of hydrogen-bond acceptors (Lipinski definition) is 1. The van der Waals surface area contributed by atoms with E-state index in [0.717, 1.165) is 55.3 Å². The van der Waals surface area contributed by atoms with Crippen LogP contribution in [0.15, 0.2) is 133 Å². The lowest BCUT2D eigenvalue weighted by atomic mass is 9.97. The minimum atomic E-state index is 0.346. The van der Waals surface area contributed by atoms with Gasteiger partial charge in [-0.15, -0.1) is 0 Å². The topological polar surface area (TPSA) is 38.0 Å². The van der Waals surface area contributed by atoms with Crippen molar-refractivity contribution in [2.45, 2.75) is 0 Å². The monoisotopic (exact) mass is 534 g/mol. The largest absolute Gasteiger partial charge is 0.318 e. The minimum Gasteiger partial charge on any atom is -0.318 e. The SMILES string of the molecule is [C-]#[N+]c1c(C#N)ccc(-c2ccccc2-n2c3ccccc3c3ccccc32)c1-n1c2ccccc2c2ccccc21. The van der Waals surface area contributed by atoms with Gasteiger partial charge in [-0.2, -0.15) is 5.26 Å². The van der Waals surface area contributed by atoms with Crippen molar-refractivity contribution in [3.05, 3.63) is 150 Å². The van der Waals surface area contributed by atoms with E-state index in [2.05, 4.69) is 111 Å². The summed E-state index contributed by atoms with van der Waals surface area (Å²) in [5.74, 6) is 0. The van der Waals surface area contributed by atoms with E-state index in [9.17, 15) is 5.26 Å². The first-order chi connectivity index (χ1) is 20.8. The van der Waals surface area contributed by atoms with E-state index in [1.54, 1.807) is 6.07 Å². The Labute approximate surface area is 242 Å². The first-order valence-electron chi connectivity index (χ1n) is 13.8. The Morgan fingerprint density at radius 2 is 0.952 bits per heavy atom. The summed E-state index contributed by atoms with van der Waals surface area (Å²) in [4.78, 5) is 3.99. The highest BCUT2D eigenvalue weighted by atomic mass is 15.0. The number of nitriles is 1. The van der Waals surface area contributed by atoms with Crippen LogP contribution in [0, 0.1) is 17.9 Å². The molecule has 42 heavy (non-hydrogen) atoms. The first-order valence-corrected chi connectivity index (χ1v) is 13.8. The summed E-state index contributed by atoms with van der Waals surface area (Å²) >= 11 is 0. The smallest absolute Gasteiger partial charge is 0.228 e. The van der Waals surface area contributed by atoms with Crippen LogP contribution in [-0.4, -0.2) is 9.13 Å². The highest BCUT2D eigenvalue weighted by Crippen LogP contribution is 2.44. The number of aromatic nitrogens is 2. The van der Waals surface area contributed by atoms with E-state index in [1.807, 2.05) is 36.4 Å². The second-order valence-electron chi connectivity index (χ2n) is 10.3. The first kappa shape index (κ1) is 23.8. The maximum Gasteiger partial charge on any atom is 0.228 e. The maximum absolute atomic E-state index is 10.1. The molecule has 2 aromatic heterocycles. The summed E-state index contributed by atoms with van der Waals surface area (Å²) in [6, 6.07) is 47.9. The molecule has 4 nitrogen and oxygen atoms in total. The van der Waals surface area contributed by atoms with E-state index in [4.69, 9.17) is 6.57 Å². The van der Waals surface area contributed by atoms with Crippen molar-refractivity contribution in [1.82, 2.24) is 9.13 Å². The molecule has 8 rings (SSSR count). The lowest BCUT2D eigenvalue weighted by Crippen LogP contribution is -2.02. The molecule has 0 radical (unpaired) electrons. The zero-order chi connectivity index (χ0) is 28.2. The molecule has 0 unspecified atom stereocenters. The molecule has 0 aliphatic heterocycles. The molecule has 0 atom stereocenters. The number of rotatable bonds is 3. The van der Waals surface area contributed by atoms with Gasteiger partial charge in [0, 0.05) is 27.1 Å². The van der Waals surface area contributed by atoms with Crippen molar-refractivity contribution in [2.75, 3.05) is 0 Å². The number of benzene rings is 6. The van der Waals surface area contributed by atoms with Crippen molar-refractivity contribution in [3.63, 3.8) is 0 Å². The number of fused-ring (bicyclic) bond motifs is 6. The van der Waals surface area contributed by atoms with Crippen LogP contribution >= 0.6 is 0 Å². The van der Waals surface area contributed by atoms with Crippen LogP contribution in [-0.2, 0) is 0 Å². The quantitative estimate of drug-likeness (QED) is 0.208. The Morgan fingerprint density at radius 1 is 0.500 bits per heavy atom. The molecule has 0 bridgehead atoms. The average Bonchev–Trinajstić information content (AvgIpc) is 3.57. The van der Waals surface area contributed by atoms with Crippen LogP contribution in [0.25, 0.3) is 71.0 Å². The Hall–Kier alpha value is -6.10. The molecule has 0 amide bonds. The summed E-state index contributed by atoms with van der Waals surface area (Å²) in [7, 11) is 0. The molecule has 0 saturated heterocycles. The van der Waals surface area contributed by atoms with Crippen molar-refractivity contribution >= 4 is 49.3 Å². The standard InChI is InChI=1S/C38H22N4/c1-40-37-25(24-39)22-23-31(38(37)42-35-20-10-4-14-28(35)29-15-5-11-21-36(29)42)30-16-6-9-19-34(30)41-32-17-7-2-12-26(32)27-13-3-8-18-33(27)41/h2-23H. The normalized spacial score (nSPS) is 11.3. The molecular weight excluding hydrogens is 512 g/mol. The minimum absolute atomic E-state index is 0.346. The third-order valence-corrected chi connectivity index (χ3v) is 8.20. The number of hydrogen-bond donors (Lipinski definition) is 0. The Balaban J connectivity index is 1.54. The van der Waals surface area contributed by atoms with Gasteiger partial charge in [0.05, 0.1) is 51.6 Å². The number of nitrogens with zero attached hydrogens (tertiary/aromatic N) is 4. The lowest BCUT2D eigenvalue weighted by molar-refractivity contribution is 1.16. The Morgan fingerprint density at radius 3 is 1.45 bits per heavy atom. The summed E-state index contributed by atoms with van der Waals surface area (Å²) in [6.45, 7) is 8.27. The molecule has 8 aromatic rings. The van der Waals surface area contributed by atoms with Gasteiger partial charge in [0.15, 0.2) is 0 Å². The number of para-hydroxylation sites is 5. The van der Waals surface area contributed by atoms with E-state index >= 15 is 0 Å². The second-order valence-corrected chi connectivity index (χ2v) is 10.3. The predicted octanol–water partition coefficient (Wildman–Crippen LogP) is 9.97. The van der Waals surface area contributed by atoms with Crippen LogP contribution in [0.3, 0.4) is 0 Å². The second kappa shape index (κ2) is 9.24. The maximum atomic E-state index is 10.1. The fraction of sp³-hybridized carbons (Fsp3) is 0. The highest BCUT2D eigenvalue weighted by Gasteiger charge is 2.23. The lowest BCUT2D eigenvalue weighted by Gasteiger charge is -2.20. The van der Waals surface area contributed by atoms with Crippen molar-refractivity contribution in [2.24, 2.45) is 0 Å². The van der Waals surface area contributed by atoms with Gasteiger partial charge in [0.25, 0.3) is 0 Å². The van der Waals surface area contributed by atoms with Gasteiger partial charge in [0.2, 0.25) is 5.69 Å². The predicted molar refractivity (Wildman–Crippen MR) is 172 cm³/mol. The molecule has 0 saturated carbocycles. The van der Waals surface area contributed by atoms with Crippen LogP contribution in [0.2, 0.25) is 0 Å². The van der Waals surface area contributed by atoms with Gasteiger partial charge < -0.3 is 9.13 Å². The molecule has 6 aromatic carbocycles.